The number of rotatable bonds is 4. The van der Waals surface area contributed by atoms with Crippen molar-refractivity contribution in [3.8, 4) is 17.0 Å². The zero-order valence-electron chi connectivity index (χ0n) is 21.5. The van der Waals surface area contributed by atoms with Crippen LogP contribution in [0.1, 0.15) is 63.4 Å². The van der Waals surface area contributed by atoms with Gasteiger partial charge in [0.15, 0.2) is 0 Å². The molecule has 2 aromatic carbocycles. The highest BCUT2D eigenvalue weighted by Crippen LogP contribution is 2.47. The molecule has 2 aliphatic heterocycles. The molecule has 1 aliphatic carbocycles. The van der Waals surface area contributed by atoms with Crippen molar-refractivity contribution in [2.24, 2.45) is 5.92 Å². The van der Waals surface area contributed by atoms with E-state index in [9.17, 15) is 4.79 Å². The molecule has 5 heteroatoms. The average Bonchev–Trinajstić information content (AvgIpc) is 3.24. The fourth-order valence-electron chi connectivity index (χ4n) is 6.77. The summed E-state index contributed by atoms with van der Waals surface area (Å²) in [6.45, 7) is 6.50. The lowest BCUT2D eigenvalue weighted by Crippen LogP contribution is -2.46. The van der Waals surface area contributed by atoms with Gasteiger partial charge in [-0.3, -0.25) is 4.79 Å². The number of fused-ring (bicyclic) bond motifs is 5. The second kappa shape index (κ2) is 10.3. The number of amides is 1. The van der Waals surface area contributed by atoms with E-state index in [4.69, 9.17) is 4.74 Å². The van der Waals surface area contributed by atoms with E-state index in [1.165, 1.54) is 59.8 Å². The zero-order chi connectivity index (χ0) is 24.5. The Hall–Kier alpha value is -2.79. The summed E-state index contributed by atoms with van der Waals surface area (Å²) >= 11 is 0. The Bertz CT molecular complexity index is 1220. The maximum absolute atomic E-state index is 13.0. The number of carbonyl (C=O) groups excluding carboxylic acids is 1. The Labute approximate surface area is 214 Å². The molecule has 5 nitrogen and oxygen atoms in total. The standard InChI is InChI=1S/C31H39N3O2/c1-22-24(15-16-29(35)33-19-17-32-18-20-33)21-34-27-13-7-5-11-25(27)30(23-9-3-2-4-10-23)31(34)26-12-6-8-14-28(26)36-22/h5-8,11-14,22-24,32H,2-4,9-10,15-21H2,1H3. The molecule has 36 heavy (non-hydrogen) atoms. The van der Waals surface area contributed by atoms with Gasteiger partial charge in [0.25, 0.3) is 0 Å². The summed E-state index contributed by atoms with van der Waals surface area (Å²) in [4.78, 5) is 15.0. The molecule has 190 valence electrons. The predicted molar refractivity (Wildman–Crippen MR) is 145 cm³/mol. The van der Waals surface area contributed by atoms with Crippen molar-refractivity contribution in [1.82, 2.24) is 14.8 Å². The number of benzene rings is 2. The summed E-state index contributed by atoms with van der Waals surface area (Å²) in [5.74, 6) is 2.12. The number of para-hydroxylation sites is 2. The molecule has 1 amide bonds. The molecule has 1 aromatic heterocycles. The fourth-order valence-corrected chi connectivity index (χ4v) is 6.77. The van der Waals surface area contributed by atoms with Gasteiger partial charge in [-0.1, -0.05) is 49.6 Å². The van der Waals surface area contributed by atoms with Crippen LogP contribution in [0.25, 0.3) is 22.2 Å². The van der Waals surface area contributed by atoms with Crippen LogP contribution >= 0.6 is 0 Å². The molecule has 2 atom stereocenters. The van der Waals surface area contributed by atoms with E-state index < -0.39 is 0 Å². The average molecular weight is 486 g/mol. The lowest BCUT2D eigenvalue weighted by Gasteiger charge is -2.32. The summed E-state index contributed by atoms with van der Waals surface area (Å²) in [6, 6.07) is 17.6. The summed E-state index contributed by atoms with van der Waals surface area (Å²) in [6.07, 6.45) is 7.98. The second-order valence-corrected chi connectivity index (χ2v) is 11.0. The third-order valence-electron chi connectivity index (χ3n) is 8.76. The molecule has 6 rings (SSSR count). The van der Waals surface area contributed by atoms with Crippen molar-refractivity contribution in [2.75, 3.05) is 26.2 Å². The molecule has 2 unspecified atom stereocenters. The minimum Gasteiger partial charge on any atom is -0.490 e. The normalized spacial score (nSPS) is 22.9. The van der Waals surface area contributed by atoms with Crippen molar-refractivity contribution in [3.05, 3.63) is 54.1 Å². The minimum absolute atomic E-state index is 0.0365. The number of nitrogens with zero attached hydrogens (tertiary/aromatic N) is 2. The predicted octanol–water partition coefficient (Wildman–Crippen LogP) is 5.97. The van der Waals surface area contributed by atoms with Crippen LogP contribution in [0.15, 0.2) is 48.5 Å². The molecule has 3 aliphatic rings. The topological polar surface area (TPSA) is 46.5 Å². The quantitative estimate of drug-likeness (QED) is 0.496. The van der Waals surface area contributed by atoms with Gasteiger partial charge in [0.2, 0.25) is 5.91 Å². The monoisotopic (exact) mass is 485 g/mol. The molecule has 1 saturated carbocycles. The molecule has 2 fully saturated rings. The Morgan fingerprint density at radius 3 is 2.58 bits per heavy atom. The van der Waals surface area contributed by atoms with Gasteiger partial charge >= 0.3 is 0 Å². The van der Waals surface area contributed by atoms with E-state index in [0.717, 1.165) is 44.9 Å². The first kappa shape index (κ1) is 23.6. The van der Waals surface area contributed by atoms with Crippen LogP contribution in [-0.2, 0) is 11.3 Å². The molecule has 0 spiro atoms. The van der Waals surface area contributed by atoms with Crippen molar-refractivity contribution < 1.29 is 9.53 Å². The first-order valence-corrected chi connectivity index (χ1v) is 14.1. The summed E-state index contributed by atoms with van der Waals surface area (Å²) in [5, 5.41) is 4.75. The molecule has 3 aromatic rings. The fraction of sp³-hybridized carbons (Fsp3) is 0.516. The highest BCUT2D eigenvalue weighted by atomic mass is 16.5. The van der Waals surface area contributed by atoms with Gasteiger partial charge < -0.3 is 19.5 Å². The first-order chi connectivity index (χ1) is 17.7. The molecule has 3 heterocycles. The Balaban J connectivity index is 1.40. The van der Waals surface area contributed by atoms with E-state index in [1.807, 2.05) is 4.90 Å². The Kier molecular flexibility index (Phi) is 6.75. The molecule has 0 bridgehead atoms. The lowest BCUT2D eigenvalue weighted by molar-refractivity contribution is -0.132. The van der Waals surface area contributed by atoms with E-state index in [1.54, 1.807) is 0 Å². The third-order valence-corrected chi connectivity index (χ3v) is 8.76. The van der Waals surface area contributed by atoms with Gasteiger partial charge in [0.1, 0.15) is 11.9 Å². The van der Waals surface area contributed by atoms with E-state index in [2.05, 4.69) is 65.3 Å². The van der Waals surface area contributed by atoms with Crippen molar-refractivity contribution in [2.45, 2.75) is 70.4 Å². The maximum Gasteiger partial charge on any atom is 0.222 e. The molecular formula is C31H39N3O2. The number of carbonyl (C=O) groups is 1. The van der Waals surface area contributed by atoms with Crippen LogP contribution in [0, 0.1) is 5.92 Å². The van der Waals surface area contributed by atoms with E-state index >= 15 is 0 Å². The number of hydrogen-bond acceptors (Lipinski definition) is 3. The lowest BCUT2D eigenvalue weighted by atomic mass is 9.81. The van der Waals surface area contributed by atoms with Crippen LogP contribution < -0.4 is 10.1 Å². The van der Waals surface area contributed by atoms with Crippen molar-refractivity contribution in [1.29, 1.82) is 0 Å². The number of aromatic nitrogens is 1. The highest BCUT2D eigenvalue weighted by molar-refractivity contribution is 5.93. The van der Waals surface area contributed by atoms with Crippen LogP contribution in [0.5, 0.6) is 5.75 Å². The van der Waals surface area contributed by atoms with E-state index in [0.29, 0.717) is 12.3 Å². The van der Waals surface area contributed by atoms with Crippen LogP contribution in [0.2, 0.25) is 0 Å². The largest absolute Gasteiger partial charge is 0.490 e. The number of piperazine rings is 1. The van der Waals surface area contributed by atoms with Gasteiger partial charge in [-0.25, -0.2) is 0 Å². The van der Waals surface area contributed by atoms with Crippen molar-refractivity contribution >= 4 is 16.8 Å². The van der Waals surface area contributed by atoms with Gasteiger partial charge in [0.05, 0.1) is 5.69 Å². The Morgan fingerprint density at radius 2 is 1.75 bits per heavy atom. The molecule has 1 saturated heterocycles. The van der Waals surface area contributed by atoms with Crippen LogP contribution in [0.4, 0.5) is 0 Å². The van der Waals surface area contributed by atoms with Gasteiger partial charge in [0, 0.05) is 61.5 Å². The minimum atomic E-state index is 0.0365. The van der Waals surface area contributed by atoms with Gasteiger partial charge in [-0.15, -0.1) is 0 Å². The molecule has 1 N–H and O–H groups in total. The SMILES string of the molecule is CC1Oc2ccccc2-c2c(C3CCCCC3)c3ccccc3n2CC1CCC(=O)N1CCNCC1. The number of nitrogens with one attached hydrogen (secondary N) is 1. The zero-order valence-corrected chi connectivity index (χ0v) is 21.5. The molecule has 0 radical (unpaired) electrons. The second-order valence-electron chi connectivity index (χ2n) is 11.0. The Morgan fingerprint density at radius 1 is 1.00 bits per heavy atom. The summed E-state index contributed by atoms with van der Waals surface area (Å²) in [7, 11) is 0. The van der Waals surface area contributed by atoms with Crippen LogP contribution in [0.3, 0.4) is 0 Å². The maximum atomic E-state index is 13.0. The smallest absolute Gasteiger partial charge is 0.222 e. The van der Waals surface area contributed by atoms with Crippen LogP contribution in [-0.4, -0.2) is 47.7 Å². The molecular weight excluding hydrogens is 446 g/mol. The van der Waals surface area contributed by atoms with Gasteiger partial charge in [-0.2, -0.15) is 0 Å². The summed E-state index contributed by atoms with van der Waals surface area (Å²) in [5.41, 5.74) is 5.42. The van der Waals surface area contributed by atoms with Crippen molar-refractivity contribution in [3.63, 3.8) is 0 Å². The first-order valence-electron chi connectivity index (χ1n) is 14.1. The summed E-state index contributed by atoms with van der Waals surface area (Å²) < 4.78 is 9.25. The van der Waals surface area contributed by atoms with Gasteiger partial charge in [-0.05, 0) is 55.9 Å². The van der Waals surface area contributed by atoms with E-state index in [-0.39, 0.29) is 17.9 Å². The number of hydrogen-bond donors (Lipinski definition) is 1. The highest BCUT2D eigenvalue weighted by Gasteiger charge is 2.32. The number of ether oxygens (including phenoxy) is 1. The third kappa shape index (κ3) is 4.43.